The molecule has 5 amide bonds. The van der Waals surface area contributed by atoms with Gasteiger partial charge < -0.3 is 36.6 Å². The molecule has 2 aromatic carbocycles. The largest absolute Gasteiger partial charge is 0.361 e. The molecule has 2 aliphatic rings. The molecule has 410 valence electrons. The SMILES string of the molecule is CCC(=O)CCCCC[C@@H]1CC(=O)Cn2cc(nn2)[C@H](C(C)CC)NC(=O)[C@H](Cc2c[nH]c3ccccc23)NC1=O.CCC[C@@H]1CC(=O)[C@H](C)NC(=O)C[C@H](CC(C)C)NC(=O)[C@H](Cc2c[nH]c3ccccc23)NC1=O. The molecule has 2 aliphatic heterocycles. The monoisotopic (exact) mass is 1040 g/mol. The van der Waals surface area contributed by atoms with Crippen LogP contribution in [0.3, 0.4) is 0 Å². The second kappa shape index (κ2) is 28.2. The fraction of sp³-hybridized carbons (Fsp3) is 0.552. The Bertz CT molecular complexity index is 2790. The van der Waals surface area contributed by atoms with E-state index in [1.807, 2.05) is 102 Å². The van der Waals surface area contributed by atoms with E-state index in [1.54, 1.807) is 13.1 Å². The predicted molar refractivity (Wildman–Crippen MR) is 291 cm³/mol. The van der Waals surface area contributed by atoms with Crippen molar-refractivity contribution in [1.29, 1.82) is 0 Å². The zero-order valence-corrected chi connectivity index (χ0v) is 45.5. The number of H-pyrrole nitrogens is 2. The summed E-state index contributed by atoms with van der Waals surface area (Å²) in [6.07, 6.45) is 12.7. The van der Waals surface area contributed by atoms with Gasteiger partial charge in [-0.2, -0.15) is 0 Å². The number of amides is 5. The number of Topliss-reactive ketones (excluding diaryl/α,β-unsaturated/α-hetero) is 3. The van der Waals surface area contributed by atoms with Crippen LogP contribution in [0, 0.1) is 23.7 Å². The maximum absolute atomic E-state index is 13.8. The highest BCUT2D eigenvalue weighted by Crippen LogP contribution is 2.26. The molecule has 76 heavy (non-hydrogen) atoms. The number of nitrogens with zero attached hydrogens (tertiary/aromatic N) is 3. The van der Waals surface area contributed by atoms with E-state index >= 15 is 0 Å². The Hall–Kier alpha value is -6.98. The van der Waals surface area contributed by atoms with Crippen molar-refractivity contribution in [2.75, 3.05) is 0 Å². The van der Waals surface area contributed by atoms with Crippen molar-refractivity contribution in [1.82, 2.24) is 51.5 Å². The van der Waals surface area contributed by atoms with Crippen LogP contribution < -0.4 is 26.6 Å². The molecule has 0 aliphatic carbocycles. The van der Waals surface area contributed by atoms with Gasteiger partial charge >= 0.3 is 0 Å². The van der Waals surface area contributed by atoms with Gasteiger partial charge in [0.1, 0.15) is 30.1 Å². The lowest BCUT2D eigenvalue weighted by Crippen LogP contribution is -2.52. The van der Waals surface area contributed by atoms with E-state index in [0.29, 0.717) is 57.1 Å². The molecule has 5 heterocycles. The highest BCUT2D eigenvalue weighted by molar-refractivity contribution is 5.96. The number of aromatic amines is 2. The van der Waals surface area contributed by atoms with Gasteiger partial charge in [0.25, 0.3) is 0 Å². The molecular weight excluding hydrogens is 965 g/mol. The molecule has 7 rings (SSSR count). The van der Waals surface area contributed by atoms with Crippen molar-refractivity contribution in [3.05, 3.63) is 83.9 Å². The third-order valence-corrected chi connectivity index (χ3v) is 14.8. The van der Waals surface area contributed by atoms with Crippen molar-refractivity contribution >= 4 is 68.7 Å². The molecule has 8 atom stereocenters. The van der Waals surface area contributed by atoms with Crippen LogP contribution in [0.4, 0.5) is 0 Å². The van der Waals surface area contributed by atoms with Crippen molar-refractivity contribution in [3.8, 4) is 0 Å². The molecule has 0 radical (unpaired) electrons. The number of hydrogen-bond donors (Lipinski definition) is 7. The minimum Gasteiger partial charge on any atom is -0.361 e. The zero-order chi connectivity index (χ0) is 54.9. The molecule has 2 bridgehead atoms. The highest BCUT2D eigenvalue weighted by atomic mass is 16.2. The van der Waals surface area contributed by atoms with Crippen LogP contribution in [-0.4, -0.2) is 96.0 Å². The van der Waals surface area contributed by atoms with Gasteiger partial charge in [0.15, 0.2) is 11.6 Å². The van der Waals surface area contributed by atoms with Crippen LogP contribution in [0.1, 0.15) is 155 Å². The lowest BCUT2D eigenvalue weighted by molar-refractivity contribution is -0.133. The summed E-state index contributed by atoms with van der Waals surface area (Å²) >= 11 is 0. The third kappa shape index (κ3) is 16.5. The van der Waals surface area contributed by atoms with Crippen molar-refractivity contribution in [3.63, 3.8) is 0 Å². The Morgan fingerprint density at radius 3 is 1.86 bits per heavy atom. The van der Waals surface area contributed by atoms with Crippen LogP contribution in [0.25, 0.3) is 21.8 Å². The fourth-order valence-corrected chi connectivity index (χ4v) is 10.2. The maximum Gasteiger partial charge on any atom is 0.243 e. The molecule has 0 saturated carbocycles. The summed E-state index contributed by atoms with van der Waals surface area (Å²) in [5, 5.41) is 25.3. The number of unbranched alkanes of at least 4 members (excludes halogenated alkanes) is 2. The van der Waals surface area contributed by atoms with Gasteiger partial charge in [-0.1, -0.05) is 109 Å². The quantitative estimate of drug-likeness (QED) is 0.0460. The van der Waals surface area contributed by atoms with Gasteiger partial charge in [-0.15, -0.1) is 5.10 Å². The second-order valence-corrected chi connectivity index (χ2v) is 21.4. The second-order valence-electron chi connectivity index (χ2n) is 21.4. The van der Waals surface area contributed by atoms with E-state index in [0.717, 1.165) is 58.6 Å². The molecule has 5 aromatic rings. The van der Waals surface area contributed by atoms with Gasteiger partial charge in [-0.25, -0.2) is 4.68 Å². The molecule has 0 spiro atoms. The number of carbonyl (C=O) groups excluding carboxylic acids is 8. The van der Waals surface area contributed by atoms with Gasteiger partial charge in [-0.05, 0) is 67.7 Å². The Morgan fingerprint density at radius 2 is 1.28 bits per heavy atom. The molecule has 7 N–H and O–H groups in total. The number of para-hydroxylation sites is 2. The first kappa shape index (κ1) is 58.3. The van der Waals surface area contributed by atoms with Crippen molar-refractivity contribution in [2.24, 2.45) is 23.7 Å². The van der Waals surface area contributed by atoms with E-state index in [4.69, 9.17) is 0 Å². The van der Waals surface area contributed by atoms with E-state index in [2.05, 4.69) is 46.9 Å². The molecule has 1 saturated heterocycles. The molecule has 1 unspecified atom stereocenters. The maximum atomic E-state index is 13.8. The topological polar surface area (TPSA) is 259 Å². The molecule has 18 nitrogen and oxygen atoms in total. The molecule has 3 aromatic heterocycles. The van der Waals surface area contributed by atoms with Crippen LogP contribution in [0.15, 0.2) is 67.1 Å². The van der Waals surface area contributed by atoms with Crippen molar-refractivity contribution < 1.29 is 38.4 Å². The first-order valence-corrected chi connectivity index (χ1v) is 27.5. The molecule has 18 heteroatoms. The van der Waals surface area contributed by atoms with Crippen LogP contribution in [-0.2, 0) is 57.7 Å². The number of benzene rings is 2. The smallest absolute Gasteiger partial charge is 0.243 e. The van der Waals surface area contributed by atoms with E-state index < -0.39 is 42.0 Å². The molecule has 1 fully saturated rings. The van der Waals surface area contributed by atoms with E-state index in [-0.39, 0.29) is 84.5 Å². The summed E-state index contributed by atoms with van der Waals surface area (Å²) < 4.78 is 1.49. The average molecular weight is 1050 g/mol. The van der Waals surface area contributed by atoms with Gasteiger partial charge in [0.2, 0.25) is 29.5 Å². The Labute approximate surface area is 446 Å². The number of nitrogens with one attached hydrogen (secondary N) is 7. The lowest BCUT2D eigenvalue weighted by Gasteiger charge is -2.27. The number of ketones is 3. The van der Waals surface area contributed by atoms with Crippen molar-refractivity contribution in [2.45, 2.75) is 182 Å². The van der Waals surface area contributed by atoms with Crippen LogP contribution in [0.2, 0.25) is 0 Å². The highest BCUT2D eigenvalue weighted by Gasteiger charge is 2.34. The van der Waals surface area contributed by atoms with Gasteiger partial charge in [0, 0.05) is 97.0 Å². The van der Waals surface area contributed by atoms with Gasteiger partial charge in [0.05, 0.1) is 18.3 Å². The minimum absolute atomic E-state index is 0.0156. The minimum atomic E-state index is -0.844. The van der Waals surface area contributed by atoms with Crippen LogP contribution >= 0.6 is 0 Å². The van der Waals surface area contributed by atoms with E-state index in [1.165, 1.54) is 4.68 Å². The first-order valence-electron chi connectivity index (χ1n) is 27.5. The molecular formula is C58H80N10O8. The Balaban J connectivity index is 0.000000250. The number of carbonyl (C=O) groups is 8. The number of fused-ring (bicyclic) bond motifs is 4. The number of hydrogen-bond acceptors (Lipinski definition) is 10. The van der Waals surface area contributed by atoms with Gasteiger partial charge in [-0.3, -0.25) is 38.4 Å². The summed E-state index contributed by atoms with van der Waals surface area (Å²) in [5.74, 6) is -2.42. The van der Waals surface area contributed by atoms with Crippen LogP contribution in [0.5, 0.6) is 0 Å². The third-order valence-electron chi connectivity index (χ3n) is 14.8. The zero-order valence-electron chi connectivity index (χ0n) is 45.5. The Morgan fingerprint density at radius 1 is 0.684 bits per heavy atom. The first-order chi connectivity index (χ1) is 36.5. The Kier molecular flexibility index (Phi) is 21.7. The fourth-order valence-electron chi connectivity index (χ4n) is 10.2. The summed E-state index contributed by atoms with van der Waals surface area (Å²) in [5.41, 5.74) is 4.34. The van der Waals surface area contributed by atoms with E-state index in [9.17, 15) is 38.4 Å². The standard InChI is InChI=1S/C31H42N6O4.C27H38N4O4/c1-4-20(3)29-28-19-37(36-35-28)18-24(39)15-21(11-7-6-8-12-23(38)5-2)30(40)33-27(31(41)34-29)16-22-17-32-26-14-10-9-13-25(22)26;1-5-8-18-13-24(32)17(4)29-25(33)14-20(11-16(2)3)30-27(35)23(31-26(18)34)12-19-15-28-22-10-7-6-9-21(19)22/h9-10,13-14,17,19-21,27,29,32H,4-8,11-12,15-16,18H2,1-3H3,(H,33,40)(H,34,41);6-7,9-10,15-18,20,23,28H,5,8,11-14H2,1-4H3,(H,29,33)(H,30,35)(H,31,34)/t20?,21-,27+,29+;17-,18+,20-,23-/m10/s1. The summed E-state index contributed by atoms with van der Waals surface area (Å²) in [7, 11) is 0. The lowest BCUT2D eigenvalue weighted by atomic mass is 9.93. The average Bonchev–Trinajstić information content (AvgIpc) is 4.14. The number of rotatable bonds is 17. The summed E-state index contributed by atoms with van der Waals surface area (Å²) in [4.78, 5) is 111. The number of aromatic nitrogens is 5. The predicted octanol–water partition coefficient (Wildman–Crippen LogP) is 7.22. The normalized spacial score (nSPS) is 22.7. The summed E-state index contributed by atoms with van der Waals surface area (Å²) in [6, 6.07) is 12.5. The summed E-state index contributed by atoms with van der Waals surface area (Å²) in [6.45, 7) is 13.6.